The predicted octanol–water partition coefficient (Wildman–Crippen LogP) is 4.50. The van der Waals surface area contributed by atoms with E-state index in [2.05, 4.69) is 0 Å². The topological polar surface area (TPSA) is 17.1 Å². The largest absolute Gasteiger partial charge is 0.418 e. The summed E-state index contributed by atoms with van der Waals surface area (Å²) in [5, 5.41) is -0.984. The van der Waals surface area contributed by atoms with Crippen molar-refractivity contribution in [3.8, 4) is 0 Å². The summed E-state index contributed by atoms with van der Waals surface area (Å²) in [7, 11) is 0. The molecule has 0 aliphatic heterocycles. The van der Waals surface area contributed by atoms with Gasteiger partial charge in [0.2, 0.25) is 0 Å². The molecule has 1 rings (SSSR count). The number of hydrogen-bond acceptors (Lipinski definition) is 1. The van der Waals surface area contributed by atoms with Gasteiger partial charge in [0, 0.05) is 11.1 Å². The molecule has 94 valence electrons. The van der Waals surface area contributed by atoms with Crippen LogP contribution in [0.1, 0.15) is 34.8 Å². The molecule has 0 bridgehead atoms. The van der Waals surface area contributed by atoms with Crippen LogP contribution in [0.2, 0.25) is 5.02 Å². The molecule has 0 spiro atoms. The quantitative estimate of drug-likeness (QED) is 0.572. The van der Waals surface area contributed by atoms with E-state index < -0.39 is 40.1 Å². The van der Waals surface area contributed by atoms with Gasteiger partial charge in [-0.15, -0.1) is 0 Å². The monoisotopic (exact) mass is 272 g/mol. The minimum Gasteiger partial charge on any atom is -0.294 e. The second-order valence-electron chi connectivity index (χ2n) is 3.25. The second kappa shape index (κ2) is 4.60. The number of halogens is 6. The molecule has 0 N–H and O–H groups in total. The molecule has 0 aliphatic rings. The highest BCUT2D eigenvalue weighted by Crippen LogP contribution is 2.42. The molecule has 0 atom stereocenters. The number of hydrogen-bond donors (Lipinski definition) is 0. The summed E-state index contributed by atoms with van der Waals surface area (Å²) in [5.74, 6) is -0.721. The first-order valence-electron chi connectivity index (χ1n) is 4.35. The van der Waals surface area contributed by atoms with Gasteiger partial charge in [0.15, 0.2) is 5.78 Å². The zero-order valence-corrected chi connectivity index (χ0v) is 9.16. The Labute approximate surface area is 98.2 Å². The Kier molecular flexibility index (Phi) is 3.76. The van der Waals surface area contributed by atoms with Crippen molar-refractivity contribution in [1.29, 1.82) is 0 Å². The molecule has 0 aromatic heterocycles. The van der Waals surface area contributed by atoms with Crippen LogP contribution in [0.3, 0.4) is 0 Å². The maximum absolute atomic E-state index is 12.6. The summed E-state index contributed by atoms with van der Waals surface area (Å²) >= 11 is 5.36. The maximum Gasteiger partial charge on any atom is 0.418 e. The molecule has 0 saturated carbocycles. The molecule has 17 heavy (non-hydrogen) atoms. The number of carbonyl (C=O) groups is 1. The average molecular weight is 273 g/mol. The van der Waals surface area contributed by atoms with Gasteiger partial charge in [-0.1, -0.05) is 17.7 Å². The Balaban J connectivity index is 3.59. The summed E-state index contributed by atoms with van der Waals surface area (Å²) < 4.78 is 62.6. The van der Waals surface area contributed by atoms with Gasteiger partial charge >= 0.3 is 6.18 Å². The van der Waals surface area contributed by atoms with Crippen LogP contribution in [-0.2, 0) is 6.18 Å². The van der Waals surface area contributed by atoms with Gasteiger partial charge in [-0.2, -0.15) is 13.2 Å². The van der Waals surface area contributed by atoms with E-state index in [0.29, 0.717) is 6.07 Å². The fraction of sp³-hybridized carbons (Fsp3) is 0.300. The Hall–Kier alpha value is -1.17. The molecule has 1 nitrogen and oxygen atoms in total. The van der Waals surface area contributed by atoms with Crippen molar-refractivity contribution >= 4 is 17.4 Å². The van der Waals surface area contributed by atoms with E-state index in [4.69, 9.17) is 11.6 Å². The maximum atomic E-state index is 12.6. The fourth-order valence-electron chi connectivity index (χ4n) is 1.33. The van der Waals surface area contributed by atoms with Gasteiger partial charge in [0.1, 0.15) is 0 Å². The van der Waals surface area contributed by atoms with Gasteiger partial charge in [-0.05, 0) is 13.0 Å². The lowest BCUT2D eigenvalue weighted by Crippen LogP contribution is -2.13. The van der Waals surface area contributed by atoms with Gasteiger partial charge in [0.25, 0.3) is 6.43 Å². The molecule has 0 heterocycles. The normalized spacial score (nSPS) is 12.0. The Morgan fingerprint density at radius 2 is 1.82 bits per heavy atom. The van der Waals surface area contributed by atoms with Crippen LogP contribution in [0.15, 0.2) is 12.1 Å². The minimum absolute atomic E-state index is 0.427. The van der Waals surface area contributed by atoms with Gasteiger partial charge in [0.05, 0.1) is 10.6 Å². The molecule has 0 amide bonds. The number of Topliss-reactive ketones (excluding diaryl/α,β-unsaturated/α-hetero) is 1. The molecule has 0 saturated heterocycles. The fourth-order valence-corrected chi connectivity index (χ4v) is 1.75. The number of ketones is 1. The predicted molar refractivity (Wildman–Crippen MR) is 51.4 cm³/mol. The lowest BCUT2D eigenvalue weighted by atomic mass is 10.0. The summed E-state index contributed by atoms with van der Waals surface area (Å²) in [6, 6.07) is 1.43. The lowest BCUT2D eigenvalue weighted by molar-refractivity contribution is -0.139. The summed E-state index contributed by atoms with van der Waals surface area (Å²) in [6.45, 7) is 1.00. The molecule has 0 aliphatic carbocycles. The van der Waals surface area contributed by atoms with Crippen molar-refractivity contribution in [2.24, 2.45) is 0 Å². The highest BCUT2D eigenvalue weighted by Gasteiger charge is 2.39. The van der Waals surface area contributed by atoms with Gasteiger partial charge < -0.3 is 0 Å². The Morgan fingerprint density at radius 3 is 2.18 bits per heavy atom. The van der Waals surface area contributed by atoms with Crippen molar-refractivity contribution in [3.63, 3.8) is 0 Å². The average Bonchev–Trinajstić information content (AvgIpc) is 2.14. The van der Waals surface area contributed by atoms with Crippen molar-refractivity contribution in [1.82, 2.24) is 0 Å². The summed E-state index contributed by atoms with van der Waals surface area (Å²) in [6.07, 6.45) is -8.35. The molecule has 7 heteroatoms. The third kappa shape index (κ3) is 2.74. The standard InChI is InChI=1S/C10H6ClF5O/c1-4(17)5-2-3-6(9(12)13)7(8(5)11)10(14,15)16/h2-3,9H,1H3. The molecular weight excluding hydrogens is 267 g/mol. The van der Waals surface area contributed by atoms with Gasteiger partial charge in [-0.3, -0.25) is 4.79 Å². The molecule has 0 radical (unpaired) electrons. The highest BCUT2D eigenvalue weighted by atomic mass is 35.5. The molecule has 0 unspecified atom stereocenters. The van der Waals surface area contributed by atoms with Crippen LogP contribution in [-0.4, -0.2) is 5.78 Å². The zero-order valence-electron chi connectivity index (χ0n) is 8.41. The number of benzene rings is 1. The minimum atomic E-state index is -5.03. The van der Waals surface area contributed by atoms with Crippen molar-refractivity contribution < 1.29 is 26.7 Å². The summed E-state index contributed by atoms with van der Waals surface area (Å²) in [4.78, 5) is 11.0. The van der Waals surface area contributed by atoms with Gasteiger partial charge in [-0.25, -0.2) is 8.78 Å². The third-order valence-electron chi connectivity index (χ3n) is 2.07. The van der Waals surface area contributed by atoms with E-state index in [-0.39, 0.29) is 0 Å². The van der Waals surface area contributed by atoms with Crippen molar-refractivity contribution in [2.75, 3.05) is 0 Å². The smallest absolute Gasteiger partial charge is 0.294 e. The van der Waals surface area contributed by atoms with E-state index in [1.165, 1.54) is 0 Å². The first kappa shape index (κ1) is 13.9. The van der Waals surface area contributed by atoms with E-state index in [1.807, 2.05) is 0 Å². The Morgan fingerprint density at radius 1 is 1.29 bits per heavy atom. The van der Waals surface area contributed by atoms with E-state index in [1.54, 1.807) is 0 Å². The van der Waals surface area contributed by atoms with Crippen LogP contribution in [0.4, 0.5) is 22.0 Å². The first-order valence-corrected chi connectivity index (χ1v) is 4.72. The van der Waals surface area contributed by atoms with Crippen molar-refractivity contribution in [2.45, 2.75) is 19.5 Å². The molecular formula is C10H6ClF5O. The third-order valence-corrected chi connectivity index (χ3v) is 2.46. The number of carbonyl (C=O) groups excluding carboxylic acids is 1. The number of alkyl halides is 5. The van der Waals surface area contributed by atoms with Crippen LogP contribution >= 0.6 is 11.6 Å². The van der Waals surface area contributed by atoms with Crippen LogP contribution in [0.25, 0.3) is 0 Å². The summed E-state index contributed by atoms with van der Waals surface area (Å²) in [5.41, 5.74) is -3.31. The highest BCUT2D eigenvalue weighted by molar-refractivity contribution is 6.34. The molecule has 0 fully saturated rings. The lowest BCUT2D eigenvalue weighted by Gasteiger charge is -2.15. The van der Waals surface area contributed by atoms with Crippen molar-refractivity contribution in [3.05, 3.63) is 33.8 Å². The number of rotatable bonds is 2. The van der Waals surface area contributed by atoms with Crippen LogP contribution in [0.5, 0.6) is 0 Å². The molecule has 1 aromatic rings. The molecule has 1 aromatic carbocycles. The van der Waals surface area contributed by atoms with E-state index in [0.717, 1.165) is 13.0 Å². The van der Waals surface area contributed by atoms with Crippen LogP contribution < -0.4 is 0 Å². The van der Waals surface area contributed by atoms with E-state index in [9.17, 15) is 26.7 Å². The zero-order chi connectivity index (χ0) is 13.4. The Bertz CT molecular complexity index is 453. The van der Waals surface area contributed by atoms with E-state index >= 15 is 0 Å². The van der Waals surface area contributed by atoms with Crippen LogP contribution in [0, 0.1) is 0 Å². The SMILES string of the molecule is CC(=O)c1ccc(C(F)F)c(C(F)(F)F)c1Cl. The first-order chi connectivity index (χ1) is 7.66. The second-order valence-corrected chi connectivity index (χ2v) is 3.62.